The van der Waals surface area contributed by atoms with E-state index >= 15 is 0 Å². The largest absolute Gasteiger partial charge is 0.493 e. The van der Waals surface area contributed by atoms with Crippen LogP contribution in [0.25, 0.3) is 0 Å². The number of piperidine rings is 2. The van der Waals surface area contributed by atoms with Crippen molar-refractivity contribution in [2.45, 2.75) is 63.1 Å². The van der Waals surface area contributed by atoms with E-state index in [0.29, 0.717) is 30.4 Å². The van der Waals surface area contributed by atoms with Crippen LogP contribution in [0.15, 0.2) is 36.4 Å². The minimum absolute atomic E-state index is 0.0864. The van der Waals surface area contributed by atoms with Gasteiger partial charge in [-0.25, -0.2) is 0 Å². The number of methoxy groups -OCH3 is 2. The number of hydrogen-bond acceptors (Lipinski definition) is 8. The molecule has 0 saturated carbocycles. The van der Waals surface area contributed by atoms with Crippen LogP contribution in [-0.2, 0) is 16.0 Å². The molecule has 0 aromatic heterocycles. The third-order valence-electron chi connectivity index (χ3n) is 7.04. The van der Waals surface area contributed by atoms with E-state index in [0.717, 1.165) is 48.4 Å². The van der Waals surface area contributed by atoms with Gasteiger partial charge in [-0.05, 0) is 49.6 Å². The van der Waals surface area contributed by atoms with Crippen LogP contribution in [0.2, 0.25) is 0 Å². The van der Waals surface area contributed by atoms with Gasteiger partial charge in [-0.15, -0.1) is 0 Å². The van der Waals surface area contributed by atoms with Gasteiger partial charge >= 0.3 is 5.97 Å². The minimum atomic E-state index is -0.108. The van der Waals surface area contributed by atoms with E-state index in [1.54, 1.807) is 14.2 Å². The molecule has 4 heterocycles. The molecule has 2 aromatic carbocycles. The predicted octanol–water partition coefficient (Wildman–Crippen LogP) is 5.06. The Kier molecular flexibility index (Phi) is 7.92. The van der Waals surface area contributed by atoms with Crippen molar-refractivity contribution in [2.24, 2.45) is 0 Å². The van der Waals surface area contributed by atoms with E-state index in [1.165, 1.54) is 12.8 Å². The molecular weight excluding hydrogens is 438 g/mol. The molecule has 2 N–H and O–H groups in total. The lowest BCUT2D eigenvalue weighted by Gasteiger charge is -2.47. The topological polar surface area (TPSA) is 97.7 Å². The molecule has 6 rings (SSSR count). The number of ether oxygens (including phenoxy) is 4. The predicted molar refractivity (Wildman–Crippen MR) is 126 cm³/mol. The lowest BCUT2D eigenvalue weighted by Crippen LogP contribution is -2.49. The van der Waals surface area contributed by atoms with Crippen molar-refractivity contribution in [3.63, 3.8) is 0 Å². The monoisotopic (exact) mass is 471 g/mol. The van der Waals surface area contributed by atoms with Crippen LogP contribution >= 0.6 is 0 Å². The maximum Gasteiger partial charge on any atom is 0.306 e. The van der Waals surface area contributed by atoms with Crippen LogP contribution in [0, 0.1) is 0 Å². The average molecular weight is 472 g/mol. The Labute approximate surface area is 199 Å². The standard InChI is InChI=1S/C26H31NO5.H2O2/c1-29-24-15-21-22-14-20(13-18-5-3-4-12-27(18)22)32-26(28)11-8-17-6-9-19(10-7-17)31-23(21)16-25(24)30-2;1-2/h6-7,9-10,15-16,18,20,22H,3-5,8,11-14H2,1-2H3;1-2H/t18-,20-,22-;/m0./s1. The first-order valence-corrected chi connectivity index (χ1v) is 11.8. The Balaban J connectivity index is 0.00000133. The molecule has 8 heteroatoms. The normalized spacial score (nSPS) is 24.2. The molecule has 184 valence electrons. The molecule has 0 unspecified atom stereocenters. The molecule has 0 aliphatic carbocycles. The van der Waals surface area contributed by atoms with E-state index in [2.05, 4.69) is 4.90 Å². The van der Waals surface area contributed by atoms with Gasteiger partial charge in [-0.3, -0.25) is 20.2 Å². The summed E-state index contributed by atoms with van der Waals surface area (Å²) in [6.07, 6.45) is 6.18. The number of nitrogens with zero attached hydrogens (tertiary/aromatic N) is 1. The van der Waals surface area contributed by atoms with E-state index in [1.807, 2.05) is 36.4 Å². The molecule has 2 aromatic rings. The van der Waals surface area contributed by atoms with Crippen molar-refractivity contribution in [2.75, 3.05) is 20.8 Å². The summed E-state index contributed by atoms with van der Waals surface area (Å²) in [5, 5.41) is 12.0. The molecule has 2 saturated heterocycles. The number of carbonyl (C=O) groups excluding carboxylic acids is 1. The van der Waals surface area contributed by atoms with E-state index in [4.69, 9.17) is 29.5 Å². The zero-order chi connectivity index (χ0) is 24.1. The number of benzene rings is 2. The van der Waals surface area contributed by atoms with Gasteiger partial charge in [0, 0.05) is 43.0 Å². The van der Waals surface area contributed by atoms with E-state index in [9.17, 15) is 4.79 Å². The molecule has 2 fully saturated rings. The Hall–Kier alpha value is -2.81. The highest BCUT2D eigenvalue weighted by Gasteiger charge is 2.40. The summed E-state index contributed by atoms with van der Waals surface area (Å²) in [5.74, 6) is 2.73. The van der Waals surface area contributed by atoms with E-state index < -0.39 is 0 Å². The summed E-state index contributed by atoms with van der Waals surface area (Å²) in [6, 6.07) is 12.4. The number of hydrogen-bond donors (Lipinski definition) is 2. The van der Waals surface area contributed by atoms with Gasteiger partial charge in [0.25, 0.3) is 0 Å². The smallest absolute Gasteiger partial charge is 0.306 e. The first-order valence-electron chi connectivity index (χ1n) is 11.8. The Morgan fingerprint density at radius 1 is 0.971 bits per heavy atom. The van der Waals surface area contributed by atoms with Crippen LogP contribution in [0.4, 0.5) is 0 Å². The number of carbonyl (C=O) groups is 1. The summed E-state index contributed by atoms with van der Waals surface area (Å²) < 4.78 is 23.6. The number of rotatable bonds is 2. The van der Waals surface area contributed by atoms with Crippen LogP contribution in [-0.4, -0.2) is 54.3 Å². The zero-order valence-electron chi connectivity index (χ0n) is 19.7. The van der Waals surface area contributed by atoms with Crippen molar-refractivity contribution in [3.8, 4) is 23.0 Å². The van der Waals surface area contributed by atoms with Crippen LogP contribution < -0.4 is 14.2 Å². The highest BCUT2D eigenvalue weighted by atomic mass is 17.0. The molecule has 4 aliphatic rings. The number of aryl methyl sites for hydroxylation is 1. The molecular formula is C26H33NO7. The van der Waals surface area contributed by atoms with E-state index in [-0.39, 0.29) is 18.1 Å². The molecule has 0 radical (unpaired) electrons. The zero-order valence-corrected chi connectivity index (χ0v) is 19.7. The maximum atomic E-state index is 12.7. The maximum absolute atomic E-state index is 12.7. The fourth-order valence-corrected chi connectivity index (χ4v) is 5.44. The summed E-state index contributed by atoms with van der Waals surface area (Å²) in [7, 11) is 3.29. The third-order valence-corrected chi connectivity index (χ3v) is 7.04. The highest BCUT2D eigenvalue weighted by Crippen LogP contribution is 2.47. The van der Waals surface area contributed by atoms with Crippen LogP contribution in [0.1, 0.15) is 55.7 Å². The van der Waals surface area contributed by atoms with Crippen LogP contribution in [0.5, 0.6) is 23.0 Å². The molecule has 0 spiro atoms. The van der Waals surface area contributed by atoms with Gasteiger partial charge in [-0.2, -0.15) is 0 Å². The van der Waals surface area contributed by atoms with Crippen molar-refractivity contribution in [1.82, 2.24) is 4.90 Å². The third kappa shape index (κ3) is 5.14. The van der Waals surface area contributed by atoms with Gasteiger partial charge in [-0.1, -0.05) is 18.6 Å². The lowest BCUT2D eigenvalue weighted by molar-refractivity contribution is -0.176. The Morgan fingerprint density at radius 2 is 1.71 bits per heavy atom. The molecule has 4 bridgehead atoms. The average Bonchev–Trinajstić information content (AvgIpc) is 2.88. The Morgan fingerprint density at radius 3 is 2.44 bits per heavy atom. The molecule has 8 nitrogen and oxygen atoms in total. The quantitative estimate of drug-likeness (QED) is 0.356. The SMILES string of the molecule is COc1cc2c(cc1OC)[C@@H]1C[C@H](C[C@@H]3CCCCN31)OC(=O)CCc1ccc(cc1)O2.OO. The second-order valence-electron chi connectivity index (χ2n) is 8.98. The number of fused-ring (bicyclic) bond motifs is 6. The van der Waals surface area contributed by atoms with Gasteiger partial charge in [0.1, 0.15) is 17.6 Å². The molecule has 34 heavy (non-hydrogen) atoms. The van der Waals surface area contributed by atoms with Gasteiger partial charge < -0.3 is 18.9 Å². The summed E-state index contributed by atoms with van der Waals surface area (Å²) in [5.41, 5.74) is 2.15. The second kappa shape index (κ2) is 11.1. The van der Waals surface area contributed by atoms with Crippen LogP contribution in [0.3, 0.4) is 0 Å². The van der Waals surface area contributed by atoms with Crippen molar-refractivity contribution in [3.05, 3.63) is 47.5 Å². The van der Waals surface area contributed by atoms with Crippen molar-refractivity contribution < 1.29 is 34.3 Å². The molecule has 3 atom stereocenters. The molecule has 4 aliphatic heterocycles. The van der Waals surface area contributed by atoms with Gasteiger partial charge in [0.2, 0.25) is 0 Å². The molecule has 0 amide bonds. The highest BCUT2D eigenvalue weighted by molar-refractivity contribution is 5.70. The van der Waals surface area contributed by atoms with Gasteiger partial charge in [0.15, 0.2) is 11.5 Å². The summed E-state index contributed by atoms with van der Waals surface area (Å²) in [6.45, 7) is 1.04. The first kappa shape index (κ1) is 24.3. The Bertz CT molecular complexity index is 978. The fraction of sp³-hybridized carbons (Fsp3) is 0.500. The summed E-state index contributed by atoms with van der Waals surface area (Å²) >= 11 is 0. The summed E-state index contributed by atoms with van der Waals surface area (Å²) in [4.78, 5) is 15.2. The van der Waals surface area contributed by atoms with Crippen molar-refractivity contribution >= 4 is 5.97 Å². The lowest BCUT2D eigenvalue weighted by atomic mass is 9.84. The fourth-order valence-electron chi connectivity index (χ4n) is 5.44. The second-order valence-corrected chi connectivity index (χ2v) is 8.98. The minimum Gasteiger partial charge on any atom is -0.493 e. The van der Waals surface area contributed by atoms with Gasteiger partial charge in [0.05, 0.1) is 14.2 Å². The first-order chi connectivity index (χ1) is 16.6. The number of esters is 1. The van der Waals surface area contributed by atoms with Crippen molar-refractivity contribution in [1.29, 1.82) is 0 Å².